The van der Waals surface area contributed by atoms with E-state index in [1.807, 2.05) is 6.92 Å². The Kier molecular flexibility index (Phi) is 3.89. The molecule has 0 aromatic carbocycles. The van der Waals surface area contributed by atoms with Crippen LogP contribution in [0.15, 0.2) is 0 Å². The van der Waals surface area contributed by atoms with Crippen molar-refractivity contribution in [1.82, 2.24) is 0 Å². The summed E-state index contributed by atoms with van der Waals surface area (Å²) in [7, 11) is 0. The van der Waals surface area contributed by atoms with E-state index in [0.29, 0.717) is 16.7 Å². The number of hydrogen-bond donors (Lipinski definition) is 2. The molecule has 2 nitrogen and oxygen atoms in total. The van der Waals surface area contributed by atoms with Gasteiger partial charge in [-0.1, -0.05) is 13.8 Å². The molecule has 0 spiro atoms. The highest BCUT2D eigenvalue weighted by molar-refractivity contribution is 5.09. The van der Waals surface area contributed by atoms with Crippen molar-refractivity contribution in [3.05, 3.63) is 0 Å². The van der Waals surface area contributed by atoms with Gasteiger partial charge >= 0.3 is 0 Å². The van der Waals surface area contributed by atoms with Crippen molar-refractivity contribution in [2.24, 2.45) is 40.4 Å². The Morgan fingerprint density at radius 3 is 2.30 bits per heavy atom. The summed E-state index contributed by atoms with van der Waals surface area (Å²) in [4.78, 5) is 0. The molecule has 4 fully saturated rings. The predicted molar refractivity (Wildman–Crippen MR) is 92.9 cm³/mol. The summed E-state index contributed by atoms with van der Waals surface area (Å²) in [5, 5.41) is 20.4. The van der Waals surface area contributed by atoms with E-state index in [9.17, 15) is 10.2 Å². The Morgan fingerprint density at radius 1 is 0.870 bits per heavy atom. The summed E-state index contributed by atoms with van der Waals surface area (Å²) in [5.41, 5.74) is 0.860. The van der Waals surface area contributed by atoms with Crippen molar-refractivity contribution in [1.29, 1.82) is 0 Å². The molecule has 4 saturated carbocycles. The zero-order valence-corrected chi connectivity index (χ0v) is 15.3. The minimum absolute atomic E-state index is 0.0374. The van der Waals surface area contributed by atoms with Gasteiger partial charge in [0.2, 0.25) is 0 Å². The molecule has 9 atom stereocenters. The highest BCUT2D eigenvalue weighted by Crippen LogP contribution is 2.67. The molecule has 2 heteroatoms. The first-order valence-corrected chi connectivity index (χ1v) is 10.2. The second kappa shape index (κ2) is 5.46. The van der Waals surface area contributed by atoms with Crippen LogP contribution in [0.4, 0.5) is 0 Å². The van der Waals surface area contributed by atoms with E-state index in [4.69, 9.17) is 0 Å². The zero-order chi connectivity index (χ0) is 16.4. The number of aliphatic hydroxyl groups excluding tert-OH is 2. The van der Waals surface area contributed by atoms with E-state index in [2.05, 4.69) is 13.8 Å². The third-order valence-electron chi connectivity index (χ3n) is 9.29. The van der Waals surface area contributed by atoms with Crippen LogP contribution in [0.5, 0.6) is 0 Å². The number of fused-ring (bicyclic) bond motifs is 5. The van der Waals surface area contributed by atoms with Crippen LogP contribution in [0, 0.1) is 40.4 Å². The van der Waals surface area contributed by atoms with Crippen LogP contribution in [0.3, 0.4) is 0 Å². The van der Waals surface area contributed by atoms with Crippen molar-refractivity contribution in [3.8, 4) is 0 Å². The first-order valence-electron chi connectivity index (χ1n) is 10.2. The highest BCUT2D eigenvalue weighted by Gasteiger charge is 2.60. The second-order valence-corrected chi connectivity index (χ2v) is 10.1. The standard InChI is InChI=1S/C21H36O2/c1-13(22)17-6-7-18-16-5-4-14-12-15(23)8-10-20(14,2)19(16)9-11-21(17,18)3/h13-19,22-23H,4-12H2,1-3H3/t13-,14?,15-,16?,17+,18?,19?,20-,21+/m0/s1. The van der Waals surface area contributed by atoms with Gasteiger partial charge in [-0.3, -0.25) is 0 Å². The van der Waals surface area contributed by atoms with Crippen LogP contribution in [0.1, 0.15) is 78.6 Å². The summed E-state index contributed by atoms with van der Waals surface area (Å²) in [6.45, 7) is 7.08. The van der Waals surface area contributed by atoms with Crippen LogP contribution in [0.25, 0.3) is 0 Å². The fourth-order valence-electron chi connectivity index (χ4n) is 8.07. The van der Waals surface area contributed by atoms with Gasteiger partial charge in [0.15, 0.2) is 0 Å². The van der Waals surface area contributed by atoms with Gasteiger partial charge in [-0.2, -0.15) is 0 Å². The molecule has 0 aromatic rings. The maximum absolute atomic E-state index is 10.3. The molecular weight excluding hydrogens is 284 g/mol. The molecule has 0 heterocycles. The summed E-state index contributed by atoms with van der Waals surface area (Å²) in [6.07, 6.45) is 11.1. The van der Waals surface area contributed by atoms with Crippen LogP contribution in [-0.2, 0) is 0 Å². The molecule has 4 rings (SSSR count). The first-order chi connectivity index (χ1) is 10.9. The second-order valence-electron chi connectivity index (χ2n) is 10.1. The fourth-order valence-corrected chi connectivity index (χ4v) is 8.07. The molecular formula is C21H36O2. The molecule has 23 heavy (non-hydrogen) atoms. The average Bonchev–Trinajstić information content (AvgIpc) is 2.85. The molecule has 0 radical (unpaired) electrons. The van der Waals surface area contributed by atoms with Crippen LogP contribution in [0.2, 0.25) is 0 Å². The Morgan fingerprint density at radius 2 is 1.57 bits per heavy atom. The van der Waals surface area contributed by atoms with Crippen LogP contribution >= 0.6 is 0 Å². The molecule has 0 aliphatic heterocycles. The monoisotopic (exact) mass is 320 g/mol. The van der Waals surface area contributed by atoms with Gasteiger partial charge in [-0.05, 0) is 105 Å². The zero-order valence-electron chi connectivity index (χ0n) is 15.3. The lowest BCUT2D eigenvalue weighted by Crippen LogP contribution is -2.54. The van der Waals surface area contributed by atoms with Crippen LogP contribution in [-0.4, -0.2) is 22.4 Å². The van der Waals surface area contributed by atoms with Crippen molar-refractivity contribution >= 4 is 0 Å². The minimum atomic E-state index is -0.140. The quantitative estimate of drug-likeness (QED) is 0.752. The van der Waals surface area contributed by atoms with Gasteiger partial charge in [0.1, 0.15) is 0 Å². The lowest BCUT2D eigenvalue weighted by Gasteiger charge is -2.61. The summed E-state index contributed by atoms with van der Waals surface area (Å²) in [6, 6.07) is 0. The van der Waals surface area contributed by atoms with Gasteiger partial charge in [0.05, 0.1) is 12.2 Å². The topological polar surface area (TPSA) is 40.5 Å². The molecule has 0 saturated heterocycles. The third kappa shape index (κ3) is 2.27. The van der Waals surface area contributed by atoms with Gasteiger partial charge in [0.25, 0.3) is 0 Å². The van der Waals surface area contributed by atoms with Crippen molar-refractivity contribution in [3.63, 3.8) is 0 Å². The highest BCUT2D eigenvalue weighted by atomic mass is 16.3. The van der Waals surface area contributed by atoms with Gasteiger partial charge in [0, 0.05) is 0 Å². The van der Waals surface area contributed by atoms with E-state index >= 15 is 0 Å². The maximum atomic E-state index is 10.3. The predicted octanol–water partition coefficient (Wildman–Crippen LogP) is 4.39. The van der Waals surface area contributed by atoms with Gasteiger partial charge in [-0.15, -0.1) is 0 Å². The van der Waals surface area contributed by atoms with E-state index in [1.165, 1.54) is 44.9 Å². The molecule has 4 unspecified atom stereocenters. The molecule has 4 aliphatic rings. The lowest BCUT2D eigenvalue weighted by molar-refractivity contribution is -0.132. The average molecular weight is 321 g/mol. The van der Waals surface area contributed by atoms with E-state index in [0.717, 1.165) is 36.5 Å². The number of hydrogen-bond acceptors (Lipinski definition) is 2. The molecule has 0 amide bonds. The van der Waals surface area contributed by atoms with Crippen molar-refractivity contribution in [2.75, 3.05) is 0 Å². The van der Waals surface area contributed by atoms with Crippen molar-refractivity contribution < 1.29 is 10.2 Å². The largest absolute Gasteiger partial charge is 0.393 e. The normalized spacial score (nSPS) is 57.3. The Balaban J connectivity index is 1.60. The summed E-state index contributed by atoms with van der Waals surface area (Å²) >= 11 is 0. The lowest BCUT2D eigenvalue weighted by atomic mass is 9.44. The number of aliphatic hydroxyl groups is 2. The van der Waals surface area contributed by atoms with Crippen molar-refractivity contribution in [2.45, 2.75) is 90.8 Å². The molecule has 132 valence electrons. The van der Waals surface area contributed by atoms with Crippen LogP contribution < -0.4 is 0 Å². The van der Waals surface area contributed by atoms with E-state index in [1.54, 1.807) is 0 Å². The Bertz CT molecular complexity index is 461. The first kappa shape index (κ1) is 16.4. The SMILES string of the molecule is C[C@H](O)[C@H]1CCC2C3CCC4C[C@@H](O)CC[C@]4(C)C3CC[C@@]21C. The molecule has 0 aromatic heterocycles. The van der Waals surface area contributed by atoms with Gasteiger partial charge in [-0.25, -0.2) is 0 Å². The number of rotatable bonds is 1. The van der Waals surface area contributed by atoms with E-state index in [-0.39, 0.29) is 12.2 Å². The maximum Gasteiger partial charge on any atom is 0.0545 e. The third-order valence-corrected chi connectivity index (χ3v) is 9.29. The Hall–Kier alpha value is -0.0800. The van der Waals surface area contributed by atoms with E-state index < -0.39 is 0 Å². The minimum Gasteiger partial charge on any atom is -0.393 e. The molecule has 2 N–H and O–H groups in total. The Labute approximate surface area is 142 Å². The molecule has 0 bridgehead atoms. The summed E-state index contributed by atoms with van der Waals surface area (Å²) < 4.78 is 0. The summed E-state index contributed by atoms with van der Waals surface area (Å²) in [5.74, 6) is 3.87. The fraction of sp³-hybridized carbons (Fsp3) is 1.00. The smallest absolute Gasteiger partial charge is 0.0545 e. The molecule has 4 aliphatic carbocycles. The van der Waals surface area contributed by atoms with Gasteiger partial charge < -0.3 is 10.2 Å².